The molecule has 0 unspecified atom stereocenters. The number of H-pyrrole nitrogens is 1. The van der Waals surface area contributed by atoms with Gasteiger partial charge in [0.1, 0.15) is 12.2 Å². The Bertz CT molecular complexity index is 958. The van der Waals surface area contributed by atoms with Crippen LogP contribution in [0.3, 0.4) is 0 Å². The number of halogens is 3. The van der Waals surface area contributed by atoms with E-state index >= 15 is 0 Å². The van der Waals surface area contributed by atoms with E-state index in [0.717, 1.165) is 28.3 Å². The molecule has 0 fully saturated rings. The van der Waals surface area contributed by atoms with Gasteiger partial charge >= 0.3 is 6.18 Å². The molecule has 0 spiro atoms. The normalized spacial score (nSPS) is 11.5. The number of amides is 2. The molecule has 0 atom stereocenters. The Hall–Kier alpha value is -3.15. The van der Waals surface area contributed by atoms with Crippen LogP contribution in [-0.2, 0) is 17.5 Å². The van der Waals surface area contributed by atoms with E-state index in [2.05, 4.69) is 20.4 Å². The van der Waals surface area contributed by atoms with Gasteiger partial charge in [-0.1, -0.05) is 0 Å². The summed E-state index contributed by atoms with van der Waals surface area (Å²) in [4.78, 5) is 29.9. The van der Waals surface area contributed by atoms with Gasteiger partial charge in [0.2, 0.25) is 5.91 Å². The second-order valence-electron chi connectivity index (χ2n) is 5.15. The minimum absolute atomic E-state index is 0.220. The second-order valence-corrected chi connectivity index (χ2v) is 6.01. The number of nitrogens with one attached hydrogen (secondary N) is 2. The Morgan fingerprint density at radius 2 is 2.15 bits per heavy atom. The van der Waals surface area contributed by atoms with Crippen molar-refractivity contribution in [2.75, 3.05) is 5.32 Å². The van der Waals surface area contributed by atoms with E-state index in [1.165, 1.54) is 6.07 Å². The van der Waals surface area contributed by atoms with Crippen LogP contribution in [0, 0.1) is 0 Å². The number of nitrogens with two attached hydrogens (primary N) is 1. The summed E-state index contributed by atoms with van der Waals surface area (Å²) in [5.74, 6) is -1.19. The number of hydrogen-bond acceptors (Lipinski definition) is 5. The predicted molar refractivity (Wildman–Crippen MR) is 86.3 cm³/mol. The molecule has 0 aliphatic heterocycles. The lowest BCUT2D eigenvalue weighted by atomic mass is 10.2. The number of anilines is 1. The maximum absolute atomic E-state index is 12.5. The van der Waals surface area contributed by atoms with E-state index in [-0.39, 0.29) is 17.4 Å². The SMILES string of the molecule is NC(=O)c1cc(-c2csc(NC(=O)Cn3ccc(C(F)(F)F)n3)n2)c[nH]1. The van der Waals surface area contributed by atoms with Crippen LogP contribution in [-0.4, -0.2) is 31.6 Å². The highest BCUT2D eigenvalue weighted by Gasteiger charge is 2.33. The van der Waals surface area contributed by atoms with Gasteiger partial charge in [-0.3, -0.25) is 14.3 Å². The van der Waals surface area contributed by atoms with Gasteiger partial charge in [0.05, 0.1) is 5.69 Å². The first-order valence-corrected chi connectivity index (χ1v) is 7.95. The van der Waals surface area contributed by atoms with Gasteiger partial charge in [-0.15, -0.1) is 11.3 Å². The number of thiazole rings is 1. The highest BCUT2D eigenvalue weighted by molar-refractivity contribution is 7.14. The summed E-state index contributed by atoms with van der Waals surface area (Å²) in [6.07, 6.45) is -1.95. The Labute approximate surface area is 147 Å². The van der Waals surface area contributed by atoms with E-state index in [0.29, 0.717) is 11.3 Å². The third-order valence-corrected chi connectivity index (χ3v) is 3.99. The molecular weight excluding hydrogens is 373 g/mol. The molecule has 0 saturated heterocycles. The summed E-state index contributed by atoms with van der Waals surface area (Å²) in [5.41, 5.74) is 5.42. The van der Waals surface area contributed by atoms with Crippen molar-refractivity contribution in [3.63, 3.8) is 0 Å². The lowest BCUT2D eigenvalue weighted by Crippen LogP contribution is -2.19. The molecule has 8 nitrogen and oxygen atoms in total. The summed E-state index contributed by atoms with van der Waals surface area (Å²) in [6.45, 7) is -0.388. The smallest absolute Gasteiger partial charge is 0.364 e. The zero-order valence-electron chi connectivity index (χ0n) is 12.9. The van der Waals surface area contributed by atoms with Crippen molar-refractivity contribution in [2.24, 2.45) is 5.73 Å². The number of nitrogens with zero attached hydrogens (tertiary/aromatic N) is 3. The standard InChI is InChI=1S/C14H11F3N6O2S/c15-14(16,17)10-1-2-23(22-10)5-11(24)21-13-20-9(6-26-13)7-3-8(12(18)25)19-4-7/h1-4,6,19H,5H2,(H2,18,25)(H,20,21,24). The quantitative estimate of drug-likeness (QED) is 0.624. The van der Waals surface area contributed by atoms with Crippen molar-refractivity contribution in [3.05, 3.63) is 41.3 Å². The van der Waals surface area contributed by atoms with E-state index in [1.54, 1.807) is 11.6 Å². The van der Waals surface area contributed by atoms with E-state index in [9.17, 15) is 22.8 Å². The minimum atomic E-state index is -4.56. The molecule has 0 bridgehead atoms. The van der Waals surface area contributed by atoms with Crippen LogP contribution in [0.15, 0.2) is 29.9 Å². The molecule has 2 amide bonds. The van der Waals surface area contributed by atoms with Crippen molar-refractivity contribution < 1.29 is 22.8 Å². The first-order valence-electron chi connectivity index (χ1n) is 7.07. The van der Waals surface area contributed by atoms with Crippen molar-refractivity contribution in [2.45, 2.75) is 12.7 Å². The molecule has 26 heavy (non-hydrogen) atoms. The van der Waals surface area contributed by atoms with Crippen LogP contribution in [0.4, 0.5) is 18.3 Å². The van der Waals surface area contributed by atoms with Gasteiger partial charge in [0.15, 0.2) is 10.8 Å². The topological polar surface area (TPSA) is 119 Å². The lowest BCUT2D eigenvalue weighted by molar-refractivity contribution is -0.141. The van der Waals surface area contributed by atoms with Crippen molar-refractivity contribution in [3.8, 4) is 11.3 Å². The van der Waals surface area contributed by atoms with E-state index in [1.807, 2.05) is 0 Å². The molecule has 3 aromatic rings. The number of rotatable bonds is 5. The molecule has 3 aromatic heterocycles. The predicted octanol–water partition coefficient (Wildman–Crippen LogP) is 2.09. The molecule has 0 aliphatic carbocycles. The van der Waals surface area contributed by atoms with Gasteiger partial charge in [0.25, 0.3) is 5.91 Å². The fraction of sp³-hybridized carbons (Fsp3) is 0.143. The molecule has 4 N–H and O–H groups in total. The van der Waals surface area contributed by atoms with Crippen LogP contribution in [0.5, 0.6) is 0 Å². The lowest BCUT2D eigenvalue weighted by Gasteiger charge is -2.03. The molecule has 136 valence electrons. The van der Waals surface area contributed by atoms with Gasteiger partial charge < -0.3 is 16.0 Å². The fourth-order valence-electron chi connectivity index (χ4n) is 2.06. The van der Waals surface area contributed by atoms with Gasteiger partial charge in [-0.05, 0) is 12.1 Å². The summed E-state index contributed by atoms with van der Waals surface area (Å²) < 4.78 is 38.3. The maximum Gasteiger partial charge on any atom is 0.435 e. The largest absolute Gasteiger partial charge is 0.435 e. The molecule has 12 heteroatoms. The van der Waals surface area contributed by atoms with Crippen molar-refractivity contribution in [1.29, 1.82) is 0 Å². The average molecular weight is 384 g/mol. The minimum Gasteiger partial charge on any atom is -0.364 e. The maximum atomic E-state index is 12.5. The molecule has 0 saturated carbocycles. The Balaban J connectivity index is 1.64. The highest BCUT2D eigenvalue weighted by Crippen LogP contribution is 2.27. The second kappa shape index (κ2) is 6.63. The summed E-state index contributed by atoms with van der Waals surface area (Å²) in [7, 11) is 0. The molecular formula is C14H11F3N6O2S. The number of hydrogen-bond donors (Lipinski definition) is 3. The molecule has 0 radical (unpaired) electrons. The number of alkyl halides is 3. The first kappa shape index (κ1) is 17.7. The summed E-state index contributed by atoms with van der Waals surface area (Å²) in [6, 6.07) is 2.31. The average Bonchev–Trinajstić information content (AvgIpc) is 3.25. The van der Waals surface area contributed by atoms with Crippen LogP contribution < -0.4 is 11.1 Å². The third kappa shape index (κ3) is 3.91. The summed E-state index contributed by atoms with van der Waals surface area (Å²) >= 11 is 1.13. The third-order valence-electron chi connectivity index (χ3n) is 3.23. The molecule has 0 aromatic carbocycles. The molecule has 3 heterocycles. The first-order chi connectivity index (χ1) is 12.2. The van der Waals surface area contributed by atoms with Crippen molar-refractivity contribution >= 4 is 28.3 Å². The van der Waals surface area contributed by atoms with Gasteiger partial charge in [0, 0.05) is 23.3 Å². The van der Waals surface area contributed by atoms with Crippen LogP contribution in [0.25, 0.3) is 11.3 Å². The fourth-order valence-corrected chi connectivity index (χ4v) is 2.79. The number of carbonyl (C=O) groups excluding carboxylic acids is 2. The monoisotopic (exact) mass is 384 g/mol. The van der Waals surface area contributed by atoms with Crippen LogP contribution in [0.1, 0.15) is 16.2 Å². The molecule has 3 rings (SSSR count). The zero-order valence-corrected chi connectivity index (χ0v) is 13.7. The van der Waals surface area contributed by atoms with Crippen molar-refractivity contribution in [1.82, 2.24) is 19.7 Å². The Kier molecular flexibility index (Phi) is 4.50. The van der Waals surface area contributed by atoms with Crippen LogP contribution >= 0.6 is 11.3 Å². The Morgan fingerprint density at radius 3 is 2.77 bits per heavy atom. The summed E-state index contributed by atoms with van der Waals surface area (Å²) in [5, 5.41) is 7.70. The van der Waals surface area contributed by atoms with E-state index in [4.69, 9.17) is 5.73 Å². The number of aromatic amines is 1. The number of primary amides is 1. The Morgan fingerprint density at radius 1 is 1.38 bits per heavy atom. The number of aromatic nitrogens is 4. The zero-order chi connectivity index (χ0) is 18.9. The molecule has 0 aliphatic rings. The highest BCUT2D eigenvalue weighted by atomic mass is 32.1. The van der Waals surface area contributed by atoms with E-state index < -0.39 is 23.7 Å². The number of carbonyl (C=O) groups is 2. The van der Waals surface area contributed by atoms with Crippen LogP contribution in [0.2, 0.25) is 0 Å². The van der Waals surface area contributed by atoms with Gasteiger partial charge in [-0.25, -0.2) is 4.98 Å². The van der Waals surface area contributed by atoms with Gasteiger partial charge in [-0.2, -0.15) is 18.3 Å².